The largest absolute Gasteiger partial charge is 0.373 e. The van der Waals surface area contributed by atoms with Crippen LogP contribution in [0, 0.1) is 11.3 Å². The lowest BCUT2D eigenvalue weighted by Gasteiger charge is -2.33. The molecule has 0 bridgehead atoms. The number of carbonyl (C=O) groups is 1. The topological polar surface area (TPSA) is 47.3 Å². The zero-order valence-corrected chi connectivity index (χ0v) is 13.7. The number of fused-ring (bicyclic) bond motifs is 1. The van der Waals surface area contributed by atoms with Gasteiger partial charge in [0.05, 0.1) is 0 Å². The fraction of sp³-hybridized carbons (Fsp3) is 0.474. The van der Waals surface area contributed by atoms with Gasteiger partial charge in [-0.1, -0.05) is 18.2 Å². The van der Waals surface area contributed by atoms with Gasteiger partial charge in [-0.25, -0.2) is 0 Å². The van der Waals surface area contributed by atoms with Crippen molar-refractivity contribution >= 4 is 11.6 Å². The molecule has 1 fully saturated rings. The molecule has 0 spiro atoms. The molecule has 1 atom stereocenters. The number of carbonyl (C=O) groups excluding carboxylic acids is 1. The Morgan fingerprint density at radius 1 is 1.26 bits per heavy atom. The number of hydrogen-bond acceptors (Lipinski definition) is 3. The summed E-state index contributed by atoms with van der Waals surface area (Å²) in [4.78, 5) is 16.8. The highest BCUT2D eigenvalue weighted by molar-refractivity contribution is 6.08. The van der Waals surface area contributed by atoms with Crippen molar-refractivity contribution in [2.24, 2.45) is 0 Å². The summed E-state index contributed by atoms with van der Waals surface area (Å²) in [5.74, 6) is -0.169. The maximum atomic E-state index is 12.9. The molecule has 0 aliphatic carbocycles. The summed E-state index contributed by atoms with van der Waals surface area (Å²) in [7, 11) is 0. The molecule has 0 saturated carbocycles. The number of nitrogens with zero attached hydrogens (tertiary/aromatic N) is 3. The molecule has 2 heterocycles. The van der Waals surface area contributed by atoms with E-state index < -0.39 is 0 Å². The van der Waals surface area contributed by atoms with Gasteiger partial charge in [-0.15, -0.1) is 0 Å². The quantitative estimate of drug-likeness (QED) is 0.622. The van der Waals surface area contributed by atoms with E-state index >= 15 is 0 Å². The first-order valence-corrected chi connectivity index (χ1v) is 8.48. The number of benzene rings is 1. The first-order chi connectivity index (χ1) is 11.2. The van der Waals surface area contributed by atoms with Gasteiger partial charge in [0, 0.05) is 31.0 Å². The van der Waals surface area contributed by atoms with E-state index in [2.05, 4.69) is 24.0 Å². The van der Waals surface area contributed by atoms with Crippen molar-refractivity contribution in [1.82, 2.24) is 4.90 Å². The molecule has 3 rings (SSSR count). The molecule has 0 N–H and O–H groups in total. The number of nitriles is 1. The van der Waals surface area contributed by atoms with Gasteiger partial charge < -0.3 is 9.80 Å². The van der Waals surface area contributed by atoms with Gasteiger partial charge in [0.25, 0.3) is 5.91 Å². The lowest BCUT2D eigenvalue weighted by atomic mass is 10.0. The van der Waals surface area contributed by atoms with Crippen molar-refractivity contribution in [2.45, 2.75) is 45.1 Å². The molecule has 4 nitrogen and oxygen atoms in total. The lowest BCUT2D eigenvalue weighted by Crippen LogP contribution is -2.38. The summed E-state index contributed by atoms with van der Waals surface area (Å²) in [6.45, 7) is 3.77. The van der Waals surface area contributed by atoms with Crippen molar-refractivity contribution in [1.29, 1.82) is 5.26 Å². The lowest BCUT2D eigenvalue weighted by molar-refractivity contribution is -0.114. The van der Waals surface area contributed by atoms with E-state index in [1.165, 1.54) is 12.0 Å². The number of aryl methyl sites for hydroxylation is 1. The van der Waals surface area contributed by atoms with Crippen LogP contribution < -0.4 is 4.90 Å². The fourth-order valence-electron chi connectivity index (χ4n) is 3.50. The van der Waals surface area contributed by atoms with Crippen LogP contribution in [0.15, 0.2) is 36.0 Å². The highest BCUT2D eigenvalue weighted by Crippen LogP contribution is 2.28. The summed E-state index contributed by atoms with van der Waals surface area (Å²) >= 11 is 0. The molecule has 1 saturated heterocycles. The third kappa shape index (κ3) is 3.24. The number of likely N-dealkylation sites (tertiary alicyclic amines) is 1. The summed E-state index contributed by atoms with van der Waals surface area (Å²) in [6.07, 6.45) is 7.19. The third-order valence-corrected chi connectivity index (χ3v) is 4.86. The van der Waals surface area contributed by atoms with E-state index in [-0.39, 0.29) is 11.5 Å². The molecule has 1 aromatic rings. The Labute approximate surface area is 138 Å². The van der Waals surface area contributed by atoms with Gasteiger partial charge in [-0.2, -0.15) is 5.26 Å². The van der Waals surface area contributed by atoms with E-state index in [9.17, 15) is 10.1 Å². The molecular weight excluding hydrogens is 286 g/mol. The minimum Gasteiger partial charge on any atom is -0.373 e. The van der Waals surface area contributed by atoms with Gasteiger partial charge in [0.1, 0.15) is 11.6 Å². The predicted molar refractivity (Wildman–Crippen MR) is 90.8 cm³/mol. The molecule has 0 aromatic heterocycles. The standard InChI is InChI=1S/C19H23N3O/c1-15-7-4-5-11-21(15)14-17(13-20)19(23)22-12-6-9-16-8-2-3-10-18(16)22/h2-3,8,10,14-15H,4-7,9,11-12H2,1H3/b17-14-. The van der Waals surface area contributed by atoms with Gasteiger partial charge in [-0.3, -0.25) is 4.79 Å². The van der Waals surface area contributed by atoms with Gasteiger partial charge in [0.2, 0.25) is 0 Å². The molecule has 2 aliphatic heterocycles. The maximum absolute atomic E-state index is 12.9. The molecule has 0 radical (unpaired) electrons. The summed E-state index contributed by atoms with van der Waals surface area (Å²) in [5, 5.41) is 9.50. The number of hydrogen-bond donors (Lipinski definition) is 0. The van der Waals surface area contributed by atoms with Crippen LogP contribution >= 0.6 is 0 Å². The Balaban J connectivity index is 1.85. The molecule has 2 aliphatic rings. The van der Waals surface area contributed by atoms with Crippen molar-refractivity contribution in [3.63, 3.8) is 0 Å². The number of para-hydroxylation sites is 1. The van der Waals surface area contributed by atoms with Gasteiger partial charge in [-0.05, 0) is 50.7 Å². The second-order valence-corrected chi connectivity index (χ2v) is 6.43. The highest BCUT2D eigenvalue weighted by atomic mass is 16.2. The molecule has 120 valence electrons. The Morgan fingerprint density at radius 3 is 2.87 bits per heavy atom. The van der Waals surface area contributed by atoms with Crippen LogP contribution in [0.1, 0.15) is 38.2 Å². The summed E-state index contributed by atoms with van der Waals surface area (Å²) < 4.78 is 0. The summed E-state index contributed by atoms with van der Waals surface area (Å²) in [6, 6.07) is 10.5. The monoisotopic (exact) mass is 309 g/mol. The Hall–Kier alpha value is -2.28. The number of piperidine rings is 1. The zero-order valence-electron chi connectivity index (χ0n) is 13.7. The molecule has 1 aromatic carbocycles. The van der Waals surface area contributed by atoms with Crippen LogP contribution in [0.25, 0.3) is 0 Å². The van der Waals surface area contributed by atoms with E-state index in [1.807, 2.05) is 18.2 Å². The number of rotatable bonds is 2. The zero-order chi connectivity index (χ0) is 16.2. The smallest absolute Gasteiger partial charge is 0.270 e. The average molecular weight is 309 g/mol. The second kappa shape index (κ2) is 6.87. The van der Waals surface area contributed by atoms with Crippen LogP contribution in [0.4, 0.5) is 5.69 Å². The van der Waals surface area contributed by atoms with Crippen molar-refractivity contribution in [3.8, 4) is 6.07 Å². The van der Waals surface area contributed by atoms with Crippen molar-refractivity contribution in [3.05, 3.63) is 41.6 Å². The van der Waals surface area contributed by atoms with E-state index in [4.69, 9.17) is 0 Å². The minimum atomic E-state index is -0.169. The average Bonchev–Trinajstić information content (AvgIpc) is 2.60. The van der Waals surface area contributed by atoms with Crippen LogP contribution in [0.3, 0.4) is 0 Å². The van der Waals surface area contributed by atoms with E-state index in [1.54, 1.807) is 11.1 Å². The molecular formula is C19H23N3O. The minimum absolute atomic E-state index is 0.169. The van der Waals surface area contributed by atoms with Gasteiger partial charge in [0.15, 0.2) is 0 Å². The molecule has 4 heteroatoms. The predicted octanol–water partition coefficient (Wildman–Crippen LogP) is 3.25. The van der Waals surface area contributed by atoms with Crippen LogP contribution in [0.2, 0.25) is 0 Å². The van der Waals surface area contributed by atoms with Crippen LogP contribution in [0.5, 0.6) is 0 Å². The van der Waals surface area contributed by atoms with Crippen molar-refractivity contribution in [2.75, 3.05) is 18.0 Å². The highest BCUT2D eigenvalue weighted by Gasteiger charge is 2.26. The second-order valence-electron chi connectivity index (χ2n) is 6.43. The first kappa shape index (κ1) is 15.6. The molecule has 1 unspecified atom stereocenters. The van der Waals surface area contributed by atoms with Gasteiger partial charge >= 0.3 is 0 Å². The first-order valence-electron chi connectivity index (χ1n) is 8.48. The SMILES string of the molecule is CC1CCCCN1/C=C(/C#N)C(=O)N1CCCc2ccccc21. The van der Waals surface area contributed by atoms with E-state index in [0.717, 1.165) is 37.9 Å². The third-order valence-electron chi connectivity index (χ3n) is 4.86. The Kier molecular flexibility index (Phi) is 4.66. The number of amides is 1. The van der Waals surface area contributed by atoms with Crippen LogP contribution in [-0.4, -0.2) is 29.9 Å². The maximum Gasteiger partial charge on any atom is 0.270 e. The summed E-state index contributed by atoms with van der Waals surface area (Å²) in [5.41, 5.74) is 2.39. The number of anilines is 1. The van der Waals surface area contributed by atoms with Crippen molar-refractivity contribution < 1.29 is 4.79 Å². The normalized spacial score (nSPS) is 21.6. The van der Waals surface area contributed by atoms with Crippen LogP contribution in [-0.2, 0) is 11.2 Å². The fourth-order valence-corrected chi connectivity index (χ4v) is 3.50. The molecule has 1 amide bonds. The molecule has 23 heavy (non-hydrogen) atoms. The Bertz CT molecular complexity index is 659. The Morgan fingerprint density at radius 2 is 2.09 bits per heavy atom. The van der Waals surface area contributed by atoms with E-state index in [0.29, 0.717) is 12.6 Å².